The van der Waals surface area contributed by atoms with Gasteiger partial charge in [0.05, 0.1) is 27.2 Å². The van der Waals surface area contributed by atoms with Crippen molar-refractivity contribution in [1.82, 2.24) is 19.5 Å². The zero-order chi connectivity index (χ0) is 22.9. The Balaban J connectivity index is 1.56. The first-order valence-electron chi connectivity index (χ1n) is 11.0. The maximum atomic E-state index is 13.4. The highest BCUT2D eigenvalue weighted by Gasteiger charge is 2.26. The molecule has 1 saturated carbocycles. The molecule has 1 fully saturated rings. The van der Waals surface area contributed by atoms with Crippen molar-refractivity contribution in [3.05, 3.63) is 70.5 Å². The third-order valence-corrected chi connectivity index (χ3v) is 7.20. The number of aliphatic hydroxyl groups is 1. The molecule has 2 N–H and O–H groups in total. The van der Waals surface area contributed by atoms with Crippen LogP contribution in [0.4, 0.5) is 0 Å². The van der Waals surface area contributed by atoms with Gasteiger partial charge in [0.15, 0.2) is 11.0 Å². The number of hydrogen-bond acceptors (Lipinski definition) is 6. The fourth-order valence-corrected chi connectivity index (χ4v) is 5.46. The topological polar surface area (TPSA) is 108 Å². The number of aliphatic hydroxyl groups excluding tert-OH is 1. The standard InChI is InChI=1S/C25H23N5O2S/c1-15(22(31)18(14-26)23-27-20-12-6-7-13-21(20)28-23)33-25-29-19-11-5-4-10-17(19)24(32)30(25)16-8-2-3-9-16/h4-7,10-13,15-16,31H,2-3,8-9H2,1H3,(H,27,28)/b22-18-. The minimum Gasteiger partial charge on any atom is -0.510 e. The van der Waals surface area contributed by atoms with Crippen LogP contribution in [0, 0.1) is 11.3 Å². The van der Waals surface area contributed by atoms with Crippen molar-refractivity contribution in [2.24, 2.45) is 0 Å². The van der Waals surface area contributed by atoms with Crippen LogP contribution < -0.4 is 5.56 Å². The van der Waals surface area contributed by atoms with E-state index < -0.39 is 5.25 Å². The number of rotatable bonds is 5. The van der Waals surface area contributed by atoms with Gasteiger partial charge in [-0.2, -0.15) is 5.26 Å². The summed E-state index contributed by atoms with van der Waals surface area (Å²) < 4.78 is 1.79. The minimum absolute atomic E-state index is 0.0524. The van der Waals surface area contributed by atoms with E-state index in [0.29, 0.717) is 21.9 Å². The zero-order valence-corrected chi connectivity index (χ0v) is 19.0. The highest BCUT2D eigenvalue weighted by Crippen LogP contribution is 2.35. The number of H-pyrrole nitrogens is 1. The lowest BCUT2D eigenvalue weighted by atomic mass is 10.2. The van der Waals surface area contributed by atoms with Crippen LogP contribution in [0.2, 0.25) is 0 Å². The molecule has 166 valence electrons. The smallest absolute Gasteiger partial charge is 0.262 e. The van der Waals surface area contributed by atoms with Crippen LogP contribution in [0.25, 0.3) is 27.5 Å². The fraction of sp³-hybridized carbons (Fsp3) is 0.280. The third-order valence-electron chi connectivity index (χ3n) is 6.13. The number of aromatic nitrogens is 4. The molecular weight excluding hydrogens is 434 g/mol. The molecule has 4 aromatic rings. The minimum atomic E-state index is -0.506. The van der Waals surface area contributed by atoms with Crippen LogP contribution in [-0.4, -0.2) is 29.9 Å². The predicted octanol–water partition coefficient (Wildman–Crippen LogP) is 5.36. The number of nitriles is 1. The molecule has 2 aromatic heterocycles. The largest absolute Gasteiger partial charge is 0.510 e. The summed E-state index contributed by atoms with van der Waals surface area (Å²) in [5, 5.41) is 21.5. The van der Waals surface area contributed by atoms with E-state index in [-0.39, 0.29) is 22.9 Å². The van der Waals surface area contributed by atoms with Gasteiger partial charge in [0.2, 0.25) is 0 Å². The summed E-state index contributed by atoms with van der Waals surface area (Å²) in [6.07, 6.45) is 4.04. The zero-order valence-electron chi connectivity index (χ0n) is 18.2. The van der Waals surface area contributed by atoms with E-state index in [0.717, 1.165) is 36.7 Å². The molecule has 5 rings (SSSR count). The van der Waals surface area contributed by atoms with Gasteiger partial charge in [0, 0.05) is 6.04 Å². The second-order valence-electron chi connectivity index (χ2n) is 8.26. The van der Waals surface area contributed by atoms with Crippen molar-refractivity contribution in [3.63, 3.8) is 0 Å². The molecule has 1 aliphatic rings. The summed E-state index contributed by atoms with van der Waals surface area (Å²) >= 11 is 1.29. The first-order valence-corrected chi connectivity index (χ1v) is 11.9. The number of hydrogen-bond donors (Lipinski definition) is 2. The summed E-state index contributed by atoms with van der Waals surface area (Å²) in [6, 6.07) is 17.0. The molecule has 0 aliphatic heterocycles. The summed E-state index contributed by atoms with van der Waals surface area (Å²) in [6.45, 7) is 1.81. The van der Waals surface area contributed by atoms with Crippen molar-refractivity contribution in [2.75, 3.05) is 0 Å². The number of thioether (sulfide) groups is 1. The number of para-hydroxylation sites is 3. The normalized spacial score (nSPS) is 16.1. The number of fused-ring (bicyclic) bond motifs is 2. The lowest BCUT2D eigenvalue weighted by Crippen LogP contribution is -2.27. The molecule has 2 aromatic carbocycles. The molecule has 1 unspecified atom stereocenters. The number of imidazole rings is 1. The maximum Gasteiger partial charge on any atom is 0.262 e. The van der Waals surface area contributed by atoms with Crippen LogP contribution in [0.3, 0.4) is 0 Å². The van der Waals surface area contributed by atoms with Crippen LogP contribution in [0.15, 0.2) is 64.2 Å². The summed E-state index contributed by atoms with van der Waals surface area (Å²) in [5.41, 5.74) is 2.18. The molecule has 7 nitrogen and oxygen atoms in total. The van der Waals surface area contributed by atoms with E-state index in [2.05, 4.69) is 16.0 Å². The molecule has 0 spiro atoms. The molecule has 33 heavy (non-hydrogen) atoms. The third kappa shape index (κ3) is 3.89. The molecule has 8 heteroatoms. The van der Waals surface area contributed by atoms with Gasteiger partial charge in [-0.25, -0.2) is 9.97 Å². The lowest BCUT2D eigenvalue weighted by Gasteiger charge is -2.20. The van der Waals surface area contributed by atoms with Crippen molar-refractivity contribution in [2.45, 2.75) is 49.1 Å². The lowest BCUT2D eigenvalue weighted by molar-refractivity contribution is 0.400. The van der Waals surface area contributed by atoms with E-state index in [1.165, 1.54) is 11.8 Å². The van der Waals surface area contributed by atoms with Crippen molar-refractivity contribution in [1.29, 1.82) is 5.26 Å². The molecule has 0 bridgehead atoms. The monoisotopic (exact) mass is 457 g/mol. The Kier molecular flexibility index (Phi) is 5.65. The molecule has 0 saturated heterocycles. The number of nitrogens with zero attached hydrogens (tertiary/aromatic N) is 4. The Bertz CT molecular complexity index is 1440. The molecule has 0 amide bonds. The summed E-state index contributed by atoms with van der Waals surface area (Å²) in [7, 11) is 0. The number of benzene rings is 2. The van der Waals surface area contributed by atoms with Gasteiger partial charge >= 0.3 is 0 Å². The van der Waals surface area contributed by atoms with Gasteiger partial charge < -0.3 is 10.1 Å². The van der Waals surface area contributed by atoms with E-state index >= 15 is 0 Å². The van der Waals surface area contributed by atoms with Gasteiger partial charge in [-0.3, -0.25) is 9.36 Å². The van der Waals surface area contributed by atoms with E-state index in [1.807, 2.05) is 42.5 Å². The SMILES string of the molecule is CC(Sc1nc2ccccc2c(=O)n1C1CCCC1)/C(O)=C(\C#N)c1nc2ccccc2[nH]1. The average molecular weight is 458 g/mol. The Morgan fingerprint density at radius 3 is 2.58 bits per heavy atom. The van der Waals surface area contributed by atoms with Crippen LogP contribution >= 0.6 is 11.8 Å². The molecule has 0 radical (unpaired) electrons. The highest BCUT2D eigenvalue weighted by molar-refractivity contribution is 7.99. The highest BCUT2D eigenvalue weighted by atomic mass is 32.2. The second-order valence-corrected chi connectivity index (χ2v) is 9.57. The van der Waals surface area contributed by atoms with Gasteiger partial charge in [-0.1, -0.05) is 48.9 Å². The van der Waals surface area contributed by atoms with E-state index in [1.54, 1.807) is 17.6 Å². The second kappa shape index (κ2) is 8.75. The number of nitrogens with one attached hydrogen (secondary N) is 1. The molecule has 1 aliphatic carbocycles. The van der Waals surface area contributed by atoms with Crippen molar-refractivity contribution in [3.8, 4) is 6.07 Å². The van der Waals surface area contributed by atoms with E-state index in [9.17, 15) is 15.2 Å². The van der Waals surface area contributed by atoms with Crippen molar-refractivity contribution >= 4 is 39.3 Å². The van der Waals surface area contributed by atoms with Gasteiger partial charge in [-0.05, 0) is 44.0 Å². The predicted molar refractivity (Wildman–Crippen MR) is 130 cm³/mol. The Hall–Kier alpha value is -3.57. The van der Waals surface area contributed by atoms with E-state index in [4.69, 9.17) is 4.98 Å². The fourth-order valence-electron chi connectivity index (χ4n) is 4.41. The Morgan fingerprint density at radius 2 is 1.85 bits per heavy atom. The van der Waals surface area contributed by atoms with Gasteiger partial charge in [0.1, 0.15) is 17.4 Å². The van der Waals surface area contributed by atoms with Gasteiger partial charge in [0.25, 0.3) is 5.56 Å². The van der Waals surface area contributed by atoms with Crippen molar-refractivity contribution < 1.29 is 5.11 Å². The Labute approximate surface area is 194 Å². The molecule has 2 heterocycles. The van der Waals surface area contributed by atoms with Crippen LogP contribution in [-0.2, 0) is 0 Å². The quantitative estimate of drug-likeness (QED) is 0.181. The molecular formula is C25H23N5O2S. The number of allylic oxidation sites excluding steroid dienone is 1. The molecule has 1 atom stereocenters. The summed E-state index contributed by atoms with van der Waals surface area (Å²) in [5.74, 6) is 0.227. The van der Waals surface area contributed by atoms with Gasteiger partial charge in [-0.15, -0.1) is 0 Å². The number of aromatic amines is 1. The summed E-state index contributed by atoms with van der Waals surface area (Å²) in [4.78, 5) is 25.7. The first kappa shape index (κ1) is 21.3. The first-order chi connectivity index (χ1) is 16.1. The average Bonchev–Trinajstić information content (AvgIpc) is 3.49. The van der Waals surface area contributed by atoms with Crippen LogP contribution in [0.1, 0.15) is 44.5 Å². The maximum absolute atomic E-state index is 13.4. The Morgan fingerprint density at radius 1 is 1.15 bits per heavy atom. The van der Waals surface area contributed by atoms with Crippen LogP contribution in [0.5, 0.6) is 0 Å².